The molecule has 0 spiro atoms. The predicted molar refractivity (Wildman–Crippen MR) is 72.0 cm³/mol. The Morgan fingerprint density at radius 1 is 1.35 bits per heavy atom. The second-order valence-corrected chi connectivity index (χ2v) is 5.56. The van der Waals surface area contributed by atoms with E-state index in [4.69, 9.17) is 0 Å². The molecule has 1 aromatic heterocycles. The number of carbonyl (C=O) groups is 1. The van der Waals surface area contributed by atoms with Crippen LogP contribution in [0.25, 0.3) is 0 Å². The number of nitrogens with zero attached hydrogens (tertiary/aromatic N) is 3. The number of Topliss-reactive ketones (excluding diaryl/α,β-unsaturated/α-hetero) is 1. The average Bonchev–Trinajstić information content (AvgIpc) is 2.71. The summed E-state index contributed by atoms with van der Waals surface area (Å²) in [6.07, 6.45) is 0. The van der Waals surface area contributed by atoms with E-state index in [-0.39, 0.29) is 11.5 Å². The molecule has 1 aromatic carbocycles. The molecule has 2 rings (SSSR count). The Morgan fingerprint density at radius 3 is 2.55 bits per heavy atom. The van der Waals surface area contributed by atoms with Crippen molar-refractivity contribution in [1.29, 1.82) is 0 Å². The summed E-state index contributed by atoms with van der Waals surface area (Å²) in [5.41, 5.74) is 0.483. The third-order valence-corrected chi connectivity index (χ3v) is 3.60. The van der Waals surface area contributed by atoms with Crippen molar-refractivity contribution < 1.29 is 13.6 Å². The Hall–Kier alpha value is -1.76. The van der Waals surface area contributed by atoms with Gasteiger partial charge < -0.3 is 0 Å². The molecule has 0 radical (unpaired) electrons. The van der Waals surface area contributed by atoms with E-state index >= 15 is 0 Å². The minimum atomic E-state index is -3.03. The predicted octanol–water partition coefficient (Wildman–Crippen LogP) is 3.17. The van der Waals surface area contributed by atoms with Gasteiger partial charge in [0.05, 0.1) is 5.69 Å². The number of ketones is 1. The maximum Gasteiger partial charge on any atom is 0.317 e. The van der Waals surface area contributed by atoms with Crippen molar-refractivity contribution in [1.82, 2.24) is 15.0 Å². The SMILES string of the molecule is CC(=O)c1nnn(CC(F)(F)Sc2ccccc2)c1C. The highest BCUT2D eigenvalue weighted by Gasteiger charge is 2.33. The first-order valence-electron chi connectivity index (χ1n) is 5.92. The zero-order valence-corrected chi connectivity index (χ0v) is 11.8. The fourth-order valence-corrected chi connectivity index (χ4v) is 2.53. The van der Waals surface area contributed by atoms with E-state index in [1.54, 1.807) is 37.3 Å². The van der Waals surface area contributed by atoms with Crippen LogP contribution in [-0.2, 0) is 6.54 Å². The number of thioether (sulfide) groups is 1. The quantitative estimate of drug-likeness (QED) is 0.628. The molecule has 4 nitrogen and oxygen atoms in total. The van der Waals surface area contributed by atoms with Crippen LogP contribution in [0.1, 0.15) is 23.1 Å². The highest BCUT2D eigenvalue weighted by Crippen LogP contribution is 2.37. The first-order valence-corrected chi connectivity index (χ1v) is 6.73. The number of carbonyl (C=O) groups excluding carboxylic acids is 1. The monoisotopic (exact) mass is 297 g/mol. The van der Waals surface area contributed by atoms with E-state index < -0.39 is 11.8 Å². The van der Waals surface area contributed by atoms with E-state index in [0.29, 0.717) is 22.4 Å². The smallest absolute Gasteiger partial charge is 0.293 e. The molecule has 0 bridgehead atoms. The zero-order chi connectivity index (χ0) is 14.8. The third-order valence-electron chi connectivity index (χ3n) is 2.66. The molecule has 0 saturated carbocycles. The largest absolute Gasteiger partial charge is 0.317 e. The van der Waals surface area contributed by atoms with Gasteiger partial charge in [-0.05, 0) is 19.1 Å². The van der Waals surface area contributed by atoms with Crippen molar-refractivity contribution in [2.75, 3.05) is 0 Å². The summed E-state index contributed by atoms with van der Waals surface area (Å²) in [5.74, 6) is -0.284. The number of alkyl halides is 2. The Morgan fingerprint density at radius 2 is 2.00 bits per heavy atom. The molecule has 0 unspecified atom stereocenters. The van der Waals surface area contributed by atoms with Gasteiger partial charge in [-0.15, -0.1) is 5.10 Å². The van der Waals surface area contributed by atoms with E-state index in [1.807, 2.05) is 0 Å². The number of halogens is 2. The lowest BCUT2D eigenvalue weighted by atomic mass is 10.2. The van der Waals surface area contributed by atoms with Crippen LogP contribution in [0.4, 0.5) is 8.78 Å². The first-order chi connectivity index (χ1) is 9.39. The summed E-state index contributed by atoms with van der Waals surface area (Å²) in [7, 11) is 0. The number of hydrogen-bond acceptors (Lipinski definition) is 4. The molecule has 0 aliphatic rings. The molecule has 0 atom stereocenters. The zero-order valence-electron chi connectivity index (χ0n) is 11.0. The van der Waals surface area contributed by atoms with E-state index in [1.165, 1.54) is 6.92 Å². The molecule has 0 aliphatic heterocycles. The van der Waals surface area contributed by atoms with Crippen LogP contribution in [0.3, 0.4) is 0 Å². The summed E-state index contributed by atoms with van der Waals surface area (Å²) in [4.78, 5) is 11.7. The second kappa shape index (κ2) is 5.70. The van der Waals surface area contributed by atoms with Gasteiger partial charge in [-0.3, -0.25) is 4.79 Å². The molecule has 20 heavy (non-hydrogen) atoms. The van der Waals surface area contributed by atoms with Crippen molar-refractivity contribution in [3.8, 4) is 0 Å². The van der Waals surface area contributed by atoms with Crippen molar-refractivity contribution in [2.24, 2.45) is 0 Å². The van der Waals surface area contributed by atoms with Crippen molar-refractivity contribution >= 4 is 17.5 Å². The fourth-order valence-electron chi connectivity index (χ4n) is 1.70. The highest BCUT2D eigenvalue weighted by molar-refractivity contribution is 8.00. The van der Waals surface area contributed by atoms with Gasteiger partial charge in [0.25, 0.3) is 0 Å². The number of aromatic nitrogens is 3. The average molecular weight is 297 g/mol. The number of rotatable bonds is 5. The summed E-state index contributed by atoms with van der Waals surface area (Å²) in [6, 6.07) is 8.41. The minimum absolute atomic E-state index is 0.130. The molecule has 0 amide bonds. The second-order valence-electron chi connectivity index (χ2n) is 4.29. The lowest BCUT2D eigenvalue weighted by molar-refractivity contribution is 0.0793. The fraction of sp³-hybridized carbons (Fsp3) is 0.308. The molecule has 7 heteroatoms. The van der Waals surface area contributed by atoms with Gasteiger partial charge in [0, 0.05) is 11.8 Å². The van der Waals surface area contributed by atoms with Gasteiger partial charge in [0.15, 0.2) is 11.5 Å². The van der Waals surface area contributed by atoms with Crippen LogP contribution in [0, 0.1) is 6.92 Å². The van der Waals surface area contributed by atoms with Crippen LogP contribution in [0.15, 0.2) is 35.2 Å². The Labute approximate surface area is 119 Å². The van der Waals surface area contributed by atoms with Crippen molar-refractivity contribution in [2.45, 2.75) is 30.5 Å². The molecular formula is C13H13F2N3OS. The topological polar surface area (TPSA) is 47.8 Å². The molecule has 0 saturated heterocycles. The minimum Gasteiger partial charge on any atom is -0.293 e. The summed E-state index contributed by atoms with van der Waals surface area (Å²) in [6.45, 7) is 2.26. The van der Waals surface area contributed by atoms with Gasteiger partial charge in [-0.1, -0.05) is 35.2 Å². The summed E-state index contributed by atoms with van der Waals surface area (Å²) >= 11 is 0.460. The highest BCUT2D eigenvalue weighted by atomic mass is 32.2. The van der Waals surface area contributed by atoms with Crippen LogP contribution in [-0.4, -0.2) is 26.0 Å². The molecule has 2 aromatic rings. The first kappa shape index (κ1) is 14.6. The van der Waals surface area contributed by atoms with Gasteiger partial charge in [-0.2, -0.15) is 8.78 Å². The standard InChI is InChI=1S/C13H13F2N3OS/c1-9-12(10(2)19)16-17-18(9)8-13(14,15)20-11-6-4-3-5-7-11/h3-7H,8H2,1-2H3. The van der Waals surface area contributed by atoms with E-state index in [0.717, 1.165) is 4.68 Å². The number of hydrogen-bond donors (Lipinski definition) is 0. The van der Waals surface area contributed by atoms with Crippen molar-refractivity contribution in [3.05, 3.63) is 41.7 Å². The van der Waals surface area contributed by atoms with Gasteiger partial charge in [0.2, 0.25) is 0 Å². The number of benzene rings is 1. The van der Waals surface area contributed by atoms with E-state index in [2.05, 4.69) is 10.3 Å². The van der Waals surface area contributed by atoms with Crippen molar-refractivity contribution in [3.63, 3.8) is 0 Å². The Balaban J connectivity index is 2.14. The maximum atomic E-state index is 14.0. The molecule has 106 valence electrons. The van der Waals surface area contributed by atoms with Gasteiger partial charge >= 0.3 is 5.25 Å². The van der Waals surface area contributed by atoms with Gasteiger partial charge in [0.1, 0.15) is 6.54 Å². The Kier molecular flexibility index (Phi) is 4.17. The maximum absolute atomic E-state index is 14.0. The summed E-state index contributed by atoms with van der Waals surface area (Å²) < 4.78 is 29.0. The van der Waals surface area contributed by atoms with Crippen LogP contribution >= 0.6 is 11.8 Å². The normalized spacial score (nSPS) is 11.6. The van der Waals surface area contributed by atoms with Crippen LogP contribution in [0.5, 0.6) is 0 Å². The molecule has 0 aliphatic carbocycles. The molecule has 0 fully saturated rings. The van der Waals surface area contributed by atoms with Gasteiger partial charge in [-0.25, -0.2) is 4.68 Å². The molecule has 1 heterocycles. The lowest BCUT2D eigenvalue weighted by Crippen LogP contribution is -2.21. The third kappa shape index (κ3) is 3.41. The summed E-state index contributed by atoms with van der Waals surface area (Å²) in [5, 5.41) is 4.21. The van der Waals surface area contributed by atoms with Crippen LogP contribution in [0.2, 0.25) is 0 Å². The lowest BCUT2D eigenvalue weighted by Gasteiger charge is -2.16. The van der Waals surface area contributed by atoms with Crippen LogP contribution < -0.4 is 0 Å². The molecule has 0 N–H and O–H groups in total. The Bertz CT molecular complexity index is 613. The van der Waals surface area contributed by atoms with E-state index in [9.17, 15) is 13.6 Å². The molecular weight excluding hydrogens is 284 g/mol.